The van der Waals surface area contributed by atoms with Gasteiger partial charge in [0, 0.05) is 29.0 Å². The van der Waals surface area contributed by atoms with Gasteiger partial charge in [0.2, 0.25) is 0 Å². The highest BCUT2D eigenvalue weighted by Crippen LogP contribution is 2.42. The van der Waals surface area contributed by atoms with Crippen molar-refractivity contribution in [3.63, 3.8) is 0 Å². The van der Waals surface area contributed by atoms with Crippen molar-refractivity contribution in [3.05, 3.63) is 45.1 Å². The van der Waals surface area contributed by atoms with Crippen LogP contribution in [-0.2, 0) is 0 Å². The number of ether oxygens (including phenoxy) is 2. The average molecular weight is 552 g/mol. The molecule has 6 nitrogen and oxygen atoms in total. The van der Waals surface area contributed by atoms with Crippen molar-refractivity contribution in [2.24, 2.45) is 17.8 Å². The highest BCUT2D eigenvalue weighted by atomic mass is 79.9. The van der Waals surface area contributed by atoms with Gasteiger partial charge in [-0.3, -0.25) is 0 Å². The minimum Gasteiger partial charge on any atom is -0.493 e. The summed E-state index contributed by atoms with van der Waals surface area (Å²) < 4.78 is 12.6. The Morgan fingerprint density at radius 2 is 1.85 bits per heavy atom. The molecule has 1 N–H and O–H groups in total. The van der Waals surface area contributed by atoms with E-state index in [1.54, 1.807) is 7.11 Å². The van der Waals surface area contributed by atoms with Gasteiger partial charge in [0.25, 0.3) is 0 Å². The second-order valence-electron chi connectivity index (χ2n) is 8.98. The second kappa shape index (κ2) is 9.45. The number of rotatable bonds is 6. The van der Waals surface area contributed by atoms with Crippen molar-refractivity contribution < 1.29 is 9.47 Å². The van der Waals surface area contributed by atoms with E-state index in [1.807, 2.05) is 24.3 Å². The fraction of sp³-hybridized carbons (Fsp3) is 0.417. The summed E-state index contributed by atoms with van der Waals surface area (Å²) in [6, 6.07) is 7.50. The fourth-order valence-electron chi connectivity index (χ4n) is 5.19. The molecule has 1 saturated heterocycles. The standard InChI is InChI=1S/C24H25BrCl2N4O2/c1-31-9-14-5-13(6-15(14)10-31)11-33-21-8-19-16(7-20(21)32-2)24(29-12-28-19)30-18-4-3-17(25)22(26)23(18)27/h3-4,7-8,12-15H,5-6,9-11H2,1-2H3,(H,28,29,30)/t13?,14-,15+. The van der Waals surface area contributed by atoms with Crippen LogP contribution in [0.4, 0.5) is 11.5 Å². The lowest BCUT2D eigenvalue weighted by atomic mass is 10.0. The molecule has 2 fully saturated rings. The normalized spacial score (nSPS) is 22.5. The summed E-state index contributed by atoms with van der Waals surface area (Å²) in [5.41, 5.74) is 1.41. The van der Waals surface area contributed by atoms with Crippen LogP contribution in [0.25, 0.3) is 10.9 Å². The van der Waals surface area contributed by atoms with E-state index < -0.39 is 0 Å². The van der Waals surface area contributed by atoms with Crippen molar-refractivity contribution in [2.75, 3.05) is 39.2 Å². The van der Waals surface area contributed by atoms with Crippen molar-refractivity contribution in [3.8, 4) is 11.5 Å². The maximum absolute atomic E-state index is 6.41. The van der Waals surface area contributed by atoms with Crippen LogP contribution in [0, 0.1) is 17.8 Å². The molecular formula is C24H25BrCl2N4O2. The third-order valence-electron chi connectivity index (χ3n) is 6.71. The van der Waals surface area contributed by atoms with Crippen LogP contribution in [0.15, 0.2) is 35.1 Å². The number of anilines is 2. The first-order valence-electron chi connectivity index (χ1n) is 11.0. The van der Waals surface area contributed by atoms with Crippen molar-refractivity contribution >= 4 is 61.5 Å². The van der Waals surface area contributed by atoms with E-state index >= 15 is 0 Å². The number of nitrogens with one attached hydrogen (secondary N) is 1. The van der Waals surface area contributed by atoms with E-state index in [9.17, 15) is 0 Å². The van der Waals surface area contributed by atoms with Gasteiger partial charge < -0.3 is 19.7 Å². The summed E-state index contributed by atoms with van der Waals surface area (Å²) in [7, 11) is 3.86. The van der Waals surface area contributed by atoms with Gasteiger partial charge in [0.1, 0.15) is 12.1 Å². The molecule has 0 spiro atoms. The molecular weight excluding hydrogens is 527 g/mol. The Bertz CT molecular complexity index is 1180. The van der Waals surface area contributed by atoms with E-state index in [0.29, 0.717) is 45.6 Å². The number of benzene rings is 2. The van der Waals surface area contributed by atoms with Crippen LogP contribution in [0.5, 0.6) is 11.5 Å². The number of hydrogen-bond acceptors (Lipinski definition) is 6. The van der Waals surface area contributed by atoms with Gasteiger partial charge in [0.05, 0.1) is 35.0 Å². The zero-order valence-electron chi connectivity index (χ0n) is 18.4. The first kappa shape index (κ1) is 23.0. The zero-order chi connectivity index (χ0) is 23.1. The summed E-state index contributed by atoms with van der Waals surface area (Å²) in [5.74, 6) is 4.16. The maximum Gasteiger partial charge on any atom is 0.163 e. The summed E-state index contributed by atoms with van der Waals surface area (Å²) in [6.45, 7) is 3.11. The van der Waals surface area contributed by atoms with E-state index in [1.165, 1.54) is 32.3 Å². The zero-order valence-corrected chi connectivity index (χ0v) is 21.5. The number of hydrogen-bond donors (Lipinski definition) is 1. The first-order chi connectivity index (χ1) is 15.9. The lowest BCUT2D eigenvalue weighted by Gasteiger charge is -2.18. The molecule has 5 rings (SSSR count). The Labute approximate surface area is 211 Å². The molecule has 0 amide bonds. The predicted octanol–water partition coefficient (Wildman–Crippen LogP) is 6.42. The van der Waals surface area contributed by atoms with E-state index in [4.69, 9.17) is 32.7 Å². The van der Waals surface area contributed by atoms with E-state index in [0.717, 1.165) is 27.2 Å². The van der Waals surface area contributed by atoms with Crippen LogP contribution in [0.3, 0.4) is 0 Å². The highest BCUT2D eigenvalue weighted by Gasteiger charge is 2.39. The Balaban J connectivity index is 1.37. The lowest BCUT2D eigenvalue weighted by Crippen LogP contribution is -2.18. The summed E-state index contributed by atoms with van der Waals surface area (Å²) >= 11 is 16.1. The third-order valence-corrected chi connectivity index (χ3v) is 8.49. The number of halogens is 3. The molecule has 1 saturated carbocycles. The van der Waals surface area contributed by atoms with Gasteiger partial charge in [-0.15, -0.1) is 0 Å². The largest absolute Gasteiger partial charge is 0.493 e. The highest BCUT2D eigenvalue weighted by molar-refractivity contribution is 9.10. The molecule has 2 heterocycles. The lowest BCUT2D eigenvalue weighted by molar-refractivity contribution is 0.227. The quantitative estimate of drug-likeness (QED) is 0.357. The summed E-state index contributed by atoms with van der Waals surface area (Å²) in [5, 5.41) is 4.92. The summed E-state index contributed by atoms with van der Waals surface area (Å²) in [6.07, 6.45) is 3.99. The molecule has 0 bridgehead atoms. The van der Waals surface area contributed by atoms with Crippen LogP contribution < -0.4 is 14.8 Å². The summed E-state index contributed by atoms with van der Waals surface area (Å²) in [4.78, 5) is 11.3. The Morgan fingerprint density at radius 3 is 2.58 bits per heavy atom. The van der Waals surface area contributed by atoms with Crippen LogP contribution in [0.2, 0.25) is 10.0 Å². The number of fused-ring (bicyclic) bond motifs is 2. The van der Waals surface area contributed by atoms with Gasteiger partial charge in [0.15, 0.2) is 11.5 Å². The Morgan fingerprint density at radius 1 is 1.09 bits per heavy atom. The molecule has 3 aromatic rings. The maximum atomic E-state index is 6.41. The van der Waals surface area contributed by atoms with Crippen molar-refractivity contribution in [2.45, 2.75) is 12.8 Å². The number of methoxy groups -OCH3 is 1. The Hall–Kier alpha value is -1.80. The molecule has 0 radical (unpaired) electrons. The topological polar surface area (TPSA) is 59.5 Å². The van der Waals surface area contributed by atoms with E-state index in [2.05, 4.69) is 43.2 Å². The Kier molecular flexibility index (Phi) is 6.58. The van der Waals surface area contributed by atoms with Gasteiger partial charge >= 0.3 is 0 Å². The molecule has 1 aliphatic carbocycles. The van der Waals surface area contributed by atoms with Gasteiger partial charge in [-0.05, 0) is 71.8 Å². The molecule has 174 valence electrons. The second-order valence-corrected chi connectivity index (χ2v) is 10.6. The van der Waals surface area contributed by atoms with E-state index in [-0.39, 0.29) is 0 Å². The van der Waals surface area contributed by atoms with Crippen LogP contribution in [-0.4, -0.2) is 48.7 Å². The molecule has 33 heavy (non-hydrogen) atoms. The molecule has 2 aromatic carbocycles. The number of nitrogens with zero attached hydrogens (tertiary/aromatic N) is 3. The number of aromatic nitrogens is 2. The molecule has 1 aliphatic heterocycles. The average Bonchev–Trinajstić information content (AvgIpc) is 3.34. The van der Waals surface area contributed by atoms with Crippen LogP contribution in [0.1, 0.15) is 12.8 Å². The monoisotopic (exact) mass is 550 g/mol. The molecule has 9 heteroatoms. The van der Waals surface area contributed by atoms with Crippen molar-refractivity contribution in [1.29, 1.82) is 0 Å². The molecule has 3 atom stereocenters. The minimum atomic E-state index is 0.414. The third kappa shape index (κ3) is 4.61. The van der Waals surface area contributed by atoms with Crippen molar-refractivity contribution in [1.82, 2.24) is 14.9 Å². The minimum absolute atomic E-state index is 0.414. The first-order valence-corrected chi connectivity index (χ1v) is 12.5. The van der Waals surface area contributed by atoms with Gasteiger partial charge in [-0.25, -0.2) is 9.97 Å². The fourth-order valence-corrected chi connectivity index (χ4v) is 6.01. The molecule has 2 aliphatic rings. The number of likely N-dealkylation sites (tertiary alicyclic amines) is 1. The predicted molar refractivity (Wildman–Crippen MR) is 136 cm³/mol. The molecule has 1 aromatic heterocycles. The van der Waals surface area contributed by atoms with Gasteiger partial charge in [-0.1, -0.05) is 23.2 Å². The SMILES string of the molecule is COc1cc2c(Nc3ccc(Br)c(Cl)c3Cl)ncnc2cc1OCC1C[C@@H]2CN(C)C[C@@H]2C1. The molecule has 1 unspecified atom stereocenters. The van der Waals surface area contributed by atoms with Crippen LogP contribution >= 0.6 is 39.1 Å². The van der Waals surface area contributed by atoms with Gasteiger partial charge in [-0.2, -0.15) is 0 Å². The smallest absolute Gasteiger partial charge is 0.163 e.